The molecule has 0 aliphatic carbocycles. The van der Waals surface area contributed by atoms with Gasteiger partial charge in [0, 0.05) is 13.0 Å². The Bertz CT molecular complexity index is 498. The van der Waals surface area contributed by atoms with E-state index in [4.69, 9.17) is 16.9 Å². The fraction of sp³-hybridized carbons (Fsp3) is 0.333. The summed E-state index contributed by atoms with van der Waals surface area (Å²) in [6.07, 6.45) is 0.487. The maximum Gasteiger partial charge on any atom is 0.227 e. The molecule has 1 aromatic rings. The van der Waals surface area contributed by atoms with Crippen LogP contribution in [0.2, 0.25) is 5.02 Å². The molecule has 0 radical (unpaired) electrons. The normalized spacial score (nSPS) is 19.5. The van der Waals surface area contributed by atoms with E-state index >= 15 is 0 Å². The van der Waals surface area contributed by atoms with Crippen molar-refractivity contribution in [2.75, 3.05) is 17.2 Å². The number of carbonyl (C=O) groups is 1. The molecule has 3 nitrogen and oxygen atoms in total. The summed E-state index contributed by atoms with van der Waals surface area (Å²) in [4.78, 5) is 13.5. The Morgan fingerprint density at radius 3 is 2.94 bits per heavy atom. The standard InChI is InChI=1S/C12H11ClN2OS/c13-10-2-1-3-11(9(10)5-14)15-6-8(7-17)4-12(15)16/h1-3,8,17H,4,6-7H2. The Kier molecular flexibility index (Phi) is 3.60. The van der Waals surface area contributed by atoms with Gasteiger partial charge in [0.2, 0.25) is 5.91 Å². The Morgan fingerprint density at radius 1 is 1.59 bits per heavy atom. The molecule has 1 aliphatic rings. The lowest BCUT2D eigenvalue weighted by Crippen LogP contribution is -2.25. The van der Waals surface area contributed by atoms with Crippen LogP contribution in [0.3, 0.4) is 0 Å². The summed E-state index contributed by atoms with van der Waals surface area (Å²) in [5.74, 6) is 0.948. The molecular weight excluding hydrogens is 256 g/mol. The van der Waals surface area contributed by atoms with Gasteiger partial charge >= 0.3 is 0 Å². The second kappa shape index (κ2) is 4.99. The first kappa shape index (κ1) is 12.3. The first-order valence-corrected chi connectivity index (χ1v) is 6.28. The van der Waals surface area contributed by atoms with Crippen LogP contribution in [0.1, 0.15) is 12.0 Å². The number of rotatable bonds is 2. The third-order valence-corrected chi connectivity index (χ3v) is 3.69. The molecule has 0 bridgehead atoms. The van der Waals surface area contributed by atoms with Gasteiger partial charge in [0.15, 0.2) is 0 Å². The number of hydrogen-bond acceptors (Lipinski definition) is 3. The second-order valence-electron chi connectivity index (χ2n) is 4.00. The molecule has 0 N–H and O–H groups in total. The summed E-state index contributed by atoms with van der Waals surface area (Å²) in [6.45, 7) is 0.608. The number of halogens is 1. The van der Waals surface area contributed by atoms with Gasteiger partial charge in [-0.1, -0.05) is 17.7 Å². The maximum absolute atomic E-state index is 11.9. The van der Waals surface area contributed by atoms with Crippen LogP contribution in [-0.2, 0) is 4.79 Å². The zero-order valence-corrected chi connectivity index (χ0v) is 10.7. The zero-order valence-electron chi connectivity index (χ0n) is 9.06. The van der Waals surface area contributed by atoms with Gasteiger partial charge < -0.3 is 4.90 Å². The topological polar surface area (TPSA) is 44.1 Å². The number of nitriles is 1. The van der Waals surface area contributed by atoms with Crippen LogP contribution in [-0.4, -0.2) is 18.2 Å². The van der Waals surface area contributed by atoms with Crippen LogP contribution in [0.15, 0.2) is 18.2 Å². The molecule has 88 valence electrons. The highest BCUT2D eigenvalue weighted by atomic mass is 35.5. The second-order valence-corrected chi connectivity index (χ2v) is 4.78. The van der Waals surface area contributed by atoms with E-state index in [0.29, 0.717) is 35.0 Å². The molecule has 1 unspecified atom stereocenters. The monoisotopic (exact) mass is 266 g/mol. The summed E-state index contributed by atoms with van der Waals surface area (Å²) in [5, 5.41) is 9.46. The third kappa shape index (κ3) is 2.26. The predicted octanol–water partition coefficient (Wildman–Crippen LogP) is 2.49. The van der Waals surface area contributed by atoms with Gasteiger partial charge in [-0.05, 0) is 23.8 Å². The summed E-state index contributed by atoms with van der Waals surface area (Å²) in [5.41, 5.74) is 0.969. The van der Waals surface area contributed by atoms with Crippen molar-refractivity contribution in [2.24, 2.45) is 5.92 Å². The molecule has 1 aromatic carbocycles. The van der Waals surface area contributed by atoms with Crippen molar-refractivity contribution in [2.45, 2.75) is 6.42 Å². The number of nitrogens with zero attached hydrogens (tertiary/aromatic N) is 2. The average Bonchev–Trinajstić information content (AvgIpc) is 2.70. The zero-order chi connectivity index (χ0) is 12.4. The fourth-order valence-corrected chi connectivity index (χ4v) is 2.44. The van der Waals surface area contributed by atoms with Crippen LogP contribution in [0.5, 0.6) is 0 Å². The molecule has 2 rings (SSSR count). The van der Waals surface area contributed by atoms with E-state index in [0.717, 1.165) is 0 Å². The first-order valence-electron chi connectivity index (χ1n) is 5.27. The SMILES string of the molecule is N#Cc1c(Cl)cccc1N1CC(CS)CC1=O. The summed E-state index contributed by atoms with van der Waals surface area (Å²) in [6, 6.07) is 7.21. The van der Waals surface area contributed by atoms with E-state index in [1.54, 1.807) is 23.1 Å². The average molecular weight is 267 g/mol. The molecule has 1 amide bonds. The van der Waals surface area contributed by atoms with Crippen molar-refractivity contribution in [3.8, 4) is 6.07 Å². The third-order valence-electron chi connectivity index (χ3n) is 2.86. The lowest BCUT2D eigenvalue weighted by atomic mass is 10.1. The van der Waals surface area contributed by atoms with Crippen molar-refractivity contribution in [3.05, 3.63) is 28.8 Å². The van der Waals surface area contributed by atoms with Crippen molar-refractivity contribution in [1.82, 2.24) is 0 Å². The van der Waals surface area contributed by atoms with Gasteiger partial charge in [-0.15, -0.1) is 0 Å². The molecular formula is C12H11ClN2OS. The quantitative estimate of drug-likeness (QED) is 0.836. The number of hydrogen-bond donors (Lipinski definition) is 1. The molecule has 1 saturated heterocycles. The van der Waals surface area contributed by atoms with E-state index in [1.807, 2.05) is 6.07 Å². The van der Waals surface area contributed by atoms with Crippen LogP contribution >= 0.6 is 24.2 Å². The van der Waals surface area contributed by atoms with E-state index in [-0.39, 0.29) is 11.8 Å². The maximum atomic E-state index is 11.9. The highest BCUT2D eigenvalue weighted by molar-refractivity contribution is 7.80. The minimum Gasteiger partial charge on any atom is -0.311 e. The van der Waals surface area contributed by atoms with Gasteiger partial charge in [0.25, 0.3) is 0 Å². The van der Waals surface area contributed by atoms with E-state index in [9.17, 15) is 4.79 Å². The van der Waals surface area contributed by atoms with Crippen molar-refractivity contribution in [3.63, 3.8) is 0 Å². The molecule has 17 heavy (non-hydrogen) atoms. The van der Waals surface area contributed by atoms with Crippen molar-refractivity contribution in [1.29, 1.82) is 5.26 Å². The van der Waals surface area contributed by atoms with Crippen LogP contribution in [0.25, 0.3) is 0 Å². The van der Waals surface area contributed by atoms with Gasteiger partial charge in [-0.25, -0.2) is 0 Å². The van der Waals surface area contributed by atoms with E-state index in [1.165, 1.54) is 0 Å². The number of benzene rings is 1. The minimum absolute atomic E-state index is 0.0304. The van der Waals surface area contributed by atoms with E-state index < -0.39 is 0 Å². The van der Waals surface area contributed by atoms with Crippen LogP contribution in [0.4, 0.5) is 5.69 Å². The number of amides is 1. The number of anilines is 1. The van der Waals surface area contributed by atoms with Crippen molar-refractivity contribution < 1.29 is 4.79 Å². The lowest BCUT2D eigenvalue weighted by Gasteiger charge is -2.18. The highest BCUT2D eigenvalue weighted by Crippen LogP contribution is 2.31. The van der Waals surface area contributed by atoms with Crippen molar-refractivity contribution >= 4 is 35.8 Å². The first-order chi connectivity index (χ1) is 8.17. The summed E-state index contributed by atoms with van der Waals surface area (Å²) >= 11 is 10.2. The Hall–Kier alpha value is -1.18. The number of thiol groups is 1. The fourth-order valence-electron chi connectivity index (χ4n) is 1.99. The van der Waals surface area contributed by atoms with E-state index in [2.05, 4.69) is 12.6 Å². The molecule has 0 spiro atoms. The predicted molar refractivity (Wildman–Crippen MR) is 70.5 cm³/mol. The highest BCUT2D eigenvalue weighted by Gasteiger charge is 2.31. The molecule has 1 fully saturated rings. The number of carbonyl (C=O) groups excluding carboxylic acids is 1. The van der Waals surface area contributed by atoms with Gasteiger partial charge in [-0.3, -0.25) is 4.79 Å². The van der Waals surface area contributed by atoms with Crippen LogP contribution < -0.4 is 4.90 Å². The molecule has 1 atom stereocenters. The van der Waals surface area contributed by atoms with Gasteiger partial charge in [0.05, 0.1) is 16.3 Å². The molecule has 0 aromatic heterocycles. The summed E-state index contributed by atoms with van der Waals surface area (Å²) < 4.78 is 0. The lowest BCUT2D eigenvalue weighted by molar-refractivity contribution is -0.117. The Morgan fingerprint density at radius 2 is 2.35 bits per heavy atom. The summed E-state index contributed by atoms with van der Waals surface area (Å²) in [7, 11) is 0. The van der Waals surface area contributed by atoms with Gasteiger partial charge in [-0.2, -0.15) is 17.9 Å². The largest absolute Gasteiger partial charge is 0.311 e. The molecule has 1 aliphatic heterocycles. The Balaban J connectivity index is 2.39. The minimum atomic E-state index is 0.0304. The Labute approximate surface area is 110 Å². The molecule has 1 heterocycles. The molecule has 0 saturated carbocycles. The van der Waals surface area contributed by atoms with Crippen LogP contribution in [0, 0.1) is 17.2 Å². The molecule has 5 heteroatoms. The smallest absolute Gasteiger partial charge is 0.227 e. The van der Waals surface area contributed by atoms with Gasteiger partial charge in [0.1, 0.15) is 6.07 Å².